The van der Waals surface area contributed by atoms with E-state index in [4.69, 9.17) is 5.11 Å². The van der Waals surface area contributed by atoms with Gasteiger partial charge in [-0.1, -0.05) is 32.0 Å². The molecule has 104 valence electrons. The van der Waals surface area contributed by atoms with E-state index in [2.05, 4.69) is 5.32 Å². The molecule has 0 aliphatic heterocycles. The van der Waals surface area contributed by atoms with Crippen LogP contribution in [0.25, 0.3) is 0 Å². The van der Waals surface area contributed by atoms with Gasteiger partial charge in [-0.3, -0.25) is 14.9 Å². The zero-order chi connectivity index (χ0) is 14.6. The Morgan fingerprint density at radius 2 is 1.68 bits per heavy atom. The predicted octanol–water partition coefficient (Wildman–Crippen LogP) is 1.22. The SMILES string of the molecule is CC(C)C(NC(C(=O)O)c1ccccc1O)C(=O)O. The lowest BCUT2D eigenvalue weighted by Crippen LogP contribution is -2.45. The van der Waals surface area contributed by atoms with Gasteiger partial charge in [0.1, 0.15) is 17.8 Å². The molecular weight excluding hydrogens is 250 g/mol. The van der Waals surface area contributed by atoms with E-state index in [-0.39, 0.29) is 17.2 Å². The molecule has 0 aliphatic rings. The lowest BCUT2D eigenvalue weighted by atomic mass is 10.00. The summed E-state index contributed by atoms with van der Waals surface area (Å²) >= 11 is 0. The van der Waals surface area contributed by atoms with Crippen LogP contribution in [0.3, 0.4) is 0 Å². The molecule has 1 aromatic carbocycles. The van der Waals surface area contributed by atoms with E-state index < -0.39 is 24.0 Å². The van der Waals surface area contributed by atoms with Gasteiger partial charge >= 0.3 is 11.9 Å². The molecule has 0 aliphatic carbocycles. The van der Waals surface area contributed by atoms with Gasteiger partial charge in [0.25, 0.3) is 0 Å². The highest BCUT2D eigenvalue weighted by Gasteiger charge is 2.30. The van der Waals surface area contributed by atoms with Crippen molar-refractivity contribution in [1.29, 1.82) is 0 Å². The van der Waals surface area contributed by atoms with E-state index in [1.165, 1.54) is 12.1 Å². The number of phenols is 1. The minimum Gasteiger partial charge on any atom is -0.508 e. The van der Waals surface area contributed by atoms with Crippen molar-refractivity contribution in [1.82, 2.24) is 5.32 Å². The zero-order valence-electron chi connectivity index (χ0n) is 10.7. The summed E-state index contributed by atoms with van der Waals surface area (Å²) < 4.78 is 0. The van der Waals surface area contributed by atoms with Crippen LogP contribution in [0.2, 0.25) is 0 Å². The van der Waals surface area contributed by atoms with Crippen LogP contribution in [0.5, 0.6) is 5.75 Å². The minimum atomic E-state index is -1.27. The number of nitrogens with one attached hydrogen (secondary N) is 1. The van der Waals surface area contributed by atoms with Crippen molar-refractivity contribution in [3.05, 3.63) is 29.8 Å². The van der Waals surface area contributed by atoms with Gasteiger partial charge in [0, 0.05) is 5.56 Å². The second-order valence-electron chi connectivity index (χ2n) is 4.56. The van der Waals surface area contributed by atoms with E-state index in [1.54, 1.807) is 26.0 Å². The first-order chi connectivity index (χ1) is 8.84. The number of phenolic OH excluding ortho intramolecular Hbond substituents is 1. The van der Waals surface area contributed by atoms with Gasteiger partial charge in [0.05, 0.1) is 0 Å². The molecule has 6 heteroatoms. The third-order valence-electron chi connectivity index (χ3n) is 2.77. The normalized spacial score (nSPS) is 14.1. The summed E-state index contributed by atoms with van der Waals surface area (Å²) in [4.78, 5) is 22.4. The third kappa shape index (κ3) is 3.69. The van der Waals surface area contributed by atoms with Gasteiger partial charge in [-0.05, 0) is 12.0 Å². The van der Waals surface area contributed by atoms with Crippen LogP contribution in [0, 0.1) is 5.92 Å². The molecule has 6 nitrogen and oxygen atoms in total. The maximum absolute atomic E-state index is 11.3. The van der Waals surface area contributed by atoms with Crippen LogP contribution in [0.4, 0.5) is 0 Å². The van der Waals surface area contributed by atoms with Crippen molar-refractivity contribution in [2.75, 3.05) is 0 Å². The number of carbonyl (C=O) groups is 2. The lowest BCUT2D eigenvalue weighted by molar-refractivity contribution is -0.143. The number of aliphatic carboxylic acids is 2. The largest absolute Gasteiger partial charge is 0.508 e. The average Bonchev–Trinajstić information content (AvgIpc) is 2.30. The molecule has 0 aromatic heterocycles. The molecule has 0 heterocycles. The summed E-state index contributed by atoms with van der Waals surface area (Å²) in [5, 5.41) is 30.5. The fourth-order valence-corrected chi connectivity index (χ4v) is 1.75. The summed E-state index contributed by atoms with van der Waals surface area (Å²) in [5.41, 5.74) is 0.141. The van der Waals surface area contributed by atoms with E-state index in [0.29, 0.717) is 0 Å². The number of aromatic hydroxyl groups is 1. The fraction of sp³-hybridized carbons (Fsp3) is 0.385. The first-order valence-electron chi connectivity index (χ1n) is 5.84. The Morgan fingerprint density at radius 1 is 1.11 bits per heavy atom. The Bertz CT molecular complexity index is 472. The van der Waals surface area contributed by atoms with Gasteiger partial charge in [0.2, 0.25) is 0 Å². The molecule has 0 fully saturated rings. The molecule has 0 amide bonds. The Hall–Kier alpha value is -2.08. The van der Waals surface area contributed by atoms with Crippen molar-refractivity contribution in [2.45, 2.75) is 25.9 Å². The Morgan fingerprint density at radius 3 is 2.11 bits per heavy atom. The number of para-hydroxylation sites is 1. The van der Waals surface area contributed by atoms with E-state index in [9.17, 15) is 19.8 Å². The maximum Gasteiger partial charge on any atom is 0.325 e. The second kappa shape index (κ2) is 6.19. The molecule has 0 spiro atoms. The van der Waals surface area contributed by atoms with Crippen molar-refractivity contribution in [3.63, 3.8) is 0 Å². The standard InChI is InChI=1S/C13H17NO5/c1-7(2)10(12(16)17)14-11(13(18)19)8-5-3-4-6-9(8)15/h3-7,10-11,14-15H,1-2H3,(H,16,17)(H,18,19). The summed E-state index contributed by atoms with van der Waals surface area (Å²) in [6.45, 7) is 3.35. The first kappa shape index (κ1) is 15.0. The number of carboxylic acid groups (broad SMARTS) is 2. The summed E-state index contributed by atoms with van der Waals surface area (Å²) in [6, 6.07) is 3.66. The minimum absolute atomic E-state index is 0.141. The molecule has 0 radical (unpaired) electrons. The smallest absolute Gasteiger partial charge is 0.325 e. The summed E-state index contributed by atoms with van der Waals surface area (Å²) in [5.74, 6) is -2.84. The number of carboxylic acids is 2. The van der Waals surface area contributed by atoms with Crippen LogP contribution in [0.15, 0.2) is 24.3 Å². The molecule has 0 bridgehead atoms. The Kier molecular flexibility index (Phi) is 4.88. The molecule has 0 saturated carbocycles. The molecule has 2 atom stereocenters. The highest BCUT2D eigenvalue weighted by Crippen LogP contribution is 2.25. The van der Waals surface area contributed by atoms with E-state index >= 15 is 0 Å². The Labute approximate surface area is 110 Å². The van der Waals surface area contributed by atoms with Crippen LogP contribution in [0.1, 0.15) is 25.5 Å². The number of hydrogen-bond acceptors (Lipinski definition) is 4. The van der Waals surface area contributed by atoms with Crippen molar-refractivity contribution >= 4 is 11.9 Å². The van der Waals surface area contributed by atoms with Gasteiger partial charge in [-0.25, -0.2) is 0 Å². The molecule has 4 N–H and O–H groups in total. The zero-order valence-corrected chi connectivity index (χ0v) is 10.7. The van der Waals surface area contributed by atoms with Gasteiger partial charge in [0.15, 0.2) is 0 Å². The average molecular weight is 267 g/mol. The van der Waals surface area contributed by atoms with Crippen LogP contribution >= 0.6 is 0 Å². The first-order valence-corrected chi connectivity index (χ1v) is 5.84. The third-order valence-corrected chi connectivity index (χ3v) is 2.77. The molecule has 1 aromatic rings. The fourth-order valence-electron chi connectivity index (χ4n) is 1.75. The number of hydrogen-bond donors (Lipinski definition) is 4. The van der Waals surface area contributed by atoms with Gasteiger partial charge in [-0.15, -0.1) is 0 Å². The molecule has 2 unspecified atom stereocenters. The second-order valence-corrected chi connectivity index (χ2v) is 4.56. The van der Waals surface area contributed by atoms with Crippen LogP contribution in [-0.2, 0) is 9.59 Å². The summed E-state index contributed by atoms with van der Waals surface area (Å²) in [6.07, 6.45) is 0. The molecular formula is C13H17NO5. The van der Waals surface area contributed by atoms with Crippen LogP contribution in [-0.4, -0.2) is 33.3 Å². The van der Waals surface area contributed by atoms with E-state index in [0.717, 1.165) is 0 Å². The predicted molar refractivity (Wildman–Crippen MR) is 67.9 cm³/mol. The monoisotopic (exact) mass is 267 g/mol. The topological polar surface area (TPSA) is 107 Å². The van der Waals surface area contributed by atoms with E-state index in [1.807, 2.05) is 0 Å². The Balaban J connectivity index is 3.06. The number of benzene rings is 1. The van der Waals surface area contributed by atoms with Gasteiger partial charge in [-0.2, -0.15) is 0 Å². The maximum atomic E-state index is 11.3. The van der Waals surface area contributed by atoms with Crippen molar-refractivity contribution < 1.29 is 24.9 Å². The lowest BCUT2D eigenvalue weighted by Gasteiger charge is -2.23. The van der Waals surface area contributed by atoms with Crippen molar-refractivity contribution in [3.8, 4) is 5.75 Å². The summed E-state index contributed by atoms with van der Waals surface area (Å²) in [7, 11) is 0. The molecule has 1 rings (SSSR count). The highest BCUT2D eigenvalue weighted by molar-refractivity contribution is 5.79. The molecule has 0 saturated heterocycles. The van der Waals surface area contributed by atoms with Gasteiger partial charge < -0.3 is 15.3 Å². The highest BCUT2D eigenvalue weighted by atomic mass is 16.4. The van der Waals surface area contributed by atoms with Crippen molar-refractivity contribution in [2.24, 2.45) is 5.92 Å². The molecule has 19 heavy (non-hydrogen) atoms. The number of rotatable bonds is 6. The quantitative estimate of drug-likeness (QED) is 0.617. The van der Waals surface area contributed by atoms with Crippen LogP contribution < -0.4 is 5.32 Å².